The molecular weight excluding hydrogens is 206 g/mol. The van der Waals surface area contributed by atoms with E-state index in [-0.39, 0.29) is 0 Å². The molecule has 0 amide bonds. The molecular formula is C9H12F2N2S. The molecule has 1 unspecified atom stereocenters. The number of aromatic nitrogens is 1. The quantitative estimate of drug-likeness (QED) is 0.718. The van der Waals surface area contributed by atoms with Crippen LogP contribution in [0, 0.1) is 6.92 Å². The predicted octanol–water partition coefficient (Wildman–Crippen LogP) is 2.25. The topological polar surface area (TPSA) is 16.1 Å². The van der Waals surface area contributed by atoms with Gasteiger partial charge in [-0.25, -0.2) is 13.8 Å². The molecule has 14 heavy (non-hydrogen) atoms. The number of likely N-dealkylation sites (N-methyl/N-ethyl adjacent to an activating group) is 1. The van der Waals surface area contributed by atoms with Crippen LogP contribution in [0.4, 0.5) is 8.78 Å². The van der Waals surface area contributed by atoms with Gasteiger partial charge in [0.15, 0.2) is 0 Å². The molecule has 0 saturated carbocycles. The number of hydrogen-bond donors (Lipinski definition) is 0. The Morgan fingerprint density at radius 1 is 1.57 bits per heavy atom. The molecule has 0 aliphatic carbocycles. The Morgan fingerprint density at radius 2 is 2.29 bits per heavy atom. The van der Waals surface area contributed by atoms with E-state index < -0.39 is 12.5 Å². The van der Waals surface area contributed by atoms with E-state index in [2.05, 4.69) is 4.98 Å². The van der Waals surface area contributed by atoms with Crippen LogP contribution in [-0.2, 0) is 6.42 Å². The fraction of sp³-hybridized carbons (Fsp3) is 0.667. The summed E-state index contributed by atoms with van der Waals surface area (Å²) >= 11 is 1.54. The minimum absolute atomic E-state index is 0.594. The van der Waals surface area contributed by atoms with E-state index >= 15 is 0 Å². The van der Waals surface area contributed by atoms with Crippen molar-refractivity contribution in [1.82, 2.24) is 9.88 Å². The first-order valence-corrected chi connectivity index (χ1v) is 5.36. The summed E-state index contributed by atoms with van der Waals surface area (Å²) in [6.07, 6.45) is -1.50. The standard InChI is InChI=1S/C9H12F2N2S/c1-5-12-7-6(14-5)3-4-13(2)8(7)9(10)11/h8-9H,3-4H2,1-2H3. The number of halogens is 2. The second-order valence-electron chi connectivity index (χ2n) is 3.55. The maximum absolute atomic E-state index is 12.8. The number of fused-ring (bicyclic) bond motifs is 1. The molecule has 1 aromatic rings. The van der Waals surface area contributed by atoms with Crippen LogP contribution >= 0.6 is 11.3 Å². The summed E-state index contributed by atoms with van der Waals surface area (Å²) in [6.45, 7) is 2.56. The van der Waals surface area contributed by atoms with Crippen LogP contribution < -0.4 is 0 Å². The molecule has 1 aromatic heterocycles. The van der Waals surface area contributed by atoms with Crippen molar-refractivity contribution < 1.29 is 8.78 Å². The Kier molecular flexibility index (Phi) is 2.53. The van der Waals surface area contributed by atoms with Crippen molar-refractivity contribution >= 4 is 11.3 Å². The second kappa shape index (κ2) is 3.55. The van der Waals surface area contributed by atoms with Crippen molar-refractivity contribution in [3.05, 3.63) is 15.6 Å². The average Bonchev–Trinajstić information content (AvgIpc) is 2.43. The fourth-order valence-electron chi connectivity index (χ4n) is 1.83. The van der Waals surface area contributed by atoms with Gasteiger partial charge in [0.2, 0.25) is 0 Å². The molecule has 0 spiro atoms. The van der Waals surface area contributed by atoms with Gasteiger partial charge in [-0.2, -0.15) is 0 Å². The molecule has 78 valence electrons. The van der Waals surface area contributed by atoms with Crippen LogP contribution in [0.3, 0.4) is 0 Å². The van der Waals surface area contributed by atoms with E-state index in [0.717, 1.165) is 16.3 Å². The molecule has 0 fully saturated rings. The van der Waals surface area contributed by atoms with Gasteiger partial charge in [-0.05, 0) is 20.4 Å². The Bertz CT molecular complexity index is 338. The van der Waals surface area contributed by atoms with E-state index in [1.54, 1.807) is 23.3 Å². The molecule has 1 aliphatic heterocycles. The van der Waals surface area contributed by atoms with Gasteiger partial charge in [-0.1, -0.05) is 0 Å². The number of alkyl halides is 2. The second-order valence-corrected chi connectivity index (χ2v) is 4.84. The number of rotatable bonds is 1. The SMILES string of the molecule is Cc1nc2c(s1)CCN(C)C2C(F)F. The zero-order valence-electron chi connectivity index (χ0n) is 8.13. The van der Waals surface area contributed by atoms with Crippen molar-refractivity contribution in [1.29, 1.82) is 0 Å². The number of nitrogens with zero attached hydrogens (tertiary/aromatic N) is 2. The highest BCUT2D eigenvalue weighted by molar-refractivity contribution is 7.11. The van der Waals surface area contributed by atoms with Crippen molar-refractivity contribution in [3.8, 4) is 0 Å². The molecule has 0 saturated heterocycles. The van der Waals surface area contributed by atoms with Crippen LogP contribution in [0.25, 0.3) is 0 Å². The molecule has 1 aliphatic rings. The number of hydrogen-bond acceptors (Lipinski definition) is 3. The van der Waals surface area contributed by atoms with Gasteiger partial charge < -0.3 is 0 Å². The van der Waals surface area contributed by atoms with Gasteiger partial charge in [0.25, 0.3) is 6.43 Å². The maximum atomic E-state index is 12.8. The lowest BCUT2D eigenvalue weighted by atomic mass is 10.1. The van der Waals surface area contributed by atoms with Crippen molar-refractivity contribution in [2.75, 3.05) is 13.6 Å². The summed E-state index contributed by atoms with van der Waals surface area (Å²) in [5.41, 5.74) is 0.594. The largest absolute Gasteiger partial charge is 0.293 e. The molecule has 2 heterocycles. The first kappa shape index (κ1) is 9.98. The van der Waals surface area contributed by atoms with Crippen molar-refractivity contribution in [3.63, 3.8) is 0 Å². The van der Waals surface area contributed by atoms with E-state index in [1.165, 1.54) is 0 Å². The van der Waals surface area contributed by atoms with Gasteiger partial charge in [0, 0.05) is 11.4 Å². The van der Waals surface area contributed by atoms with E-state index in [0.29, 0.717) is 12.2 Å². The summed E-state index contributed by atoms with van der Waals surface area (Å²) in [6, 6.07) is -0.802. The van der Waals surface area contributed by atoms with Gasteiger partial charge in [-0.15, -0.1) is 11.3 Å². The van der Waals surface area contributed by atoms with Crippen molar-refractivity contribution in [2.45, 2.75) is 25.8 Å². The summed E-state index contributed by atoms with van der Waals surface area (Å²) < 4.78 is 25.6. The zero-order valence-corrected chi connectivity index (χ0v) is 8.94. The average molecular weight is 218 g/mol. The van der Waals surface area contributed by atoms with E-state index in [9.17, 15) is 8.78 Å². The van der Waals surface area contributed by atoms with Crippen LogP contribution in [-0.4, -0.2) is 29.9 Å². The van der Waals surface area contributed by atoms with E-state index in [1.807, 2.05) is 6.92 Å². The number of aryl methyl sites for hydroxylation is 1. The molecule has 0 radical (unpaired) electrons. The predicted molar refractivity (Wildman–Crippen MR) is 51.9 cm³/mol. The Balaban J connectivity index is 2.40. The molecule has 2 nitrogen and oxygen atoms in total. The lowest BCUT2D eigenvalue weighted by Crippen LogP contribution is -2.35. The molecule has 0 N–H and O–H groups in total. The fourth-order valence-corrected chi connectivity index (χ4v) is 2.80. The highest BCUT2D eigenvalue weighted by Crippen LogP contribution is 2.35. The molecule has 0 bridgehead atoms. The van der Waals surface area contributed by atoms with Gasteiger partial charge in [0.05, 0.1) is 10.7 Å². The van der Waals surface area contributed by atoms with Gasteiger partial charge >= 0.3 is 0 Å². The Morgan fingerprint density at radius 3 is 2.93 bits per heavy atom. The lowest BCUT2D eigenvalue weighted by Gasteiger charge is -2.30. The Hall–Kier alpha value is -0.550. The zero-order chi connectivity index (χ0) is 10.3. The third-order valence-electron chi connectivity index (χ3n) is 2.52. The van der Waals surface area contributed by atoms with Crippen molar-refractivity contribution in [2.24, 2.45) is 0 Å². The van der Waals surface area contributed by atoms with Crippen LogP contribution in [0.1, 0.15) is 21.6 Å². The summed E-state index contributed by atoms with van der Waals surface area (Å²) in [5.74, 6) is 0. The summed E-state index contributed by atoms with van der Waals surface area (Å²) in [7, 11) is 1.73. The molecule has 0 aromatic carbocycles. The maximum Gasteiger partial charge on any atom is 0.259 e. The monoisotopic (exact) mass is 218 g/mol. The van der Waals surface area contributed by atoms with Crippen LogP contribution in [0.15, 0.2) is 0 Å². The van der Waals surface area contributed by atoms with Crippen LogP contribution in [0.2, 0.25) is 0 Å². The first-order chi connectivity index (χ1) is 6.59. The number of thiazole rings is 1. The normalized spacial score (nSPS) is 22.8. The molecule has 1 atom stereocenters. The minimum atomic E-state index is -2.35. The third kappa shape index (κ3) is 1.54. The Labute approximate surface area is 85.6 Å². The van der Waals surface area contributed by atoms with Gasteiger partial charge in [0.1, 0.15) is 6.04 Å². The summed E-state index contributed by atoms with van der Waals surface area (Å²) in [5, 5.41) is 0.885. The highest BCUT2D eigenvalue weighted by Gasteiger charge is 2.34. The first-order valence-electron chi connectivity index (χ1n) is 4.54. The van der Waals surface area contributed by atoms with Crippen LogP contribution in [0.5, 0.6) is 0 Å². The smallest absolute Gasteiger partial charge is 0.259 e. The lowest BCUT2D eigenvalue weighted by molar-refractivity contribution is 0.0299. The summed E-state index contributed by atoms with van der Waals surface area (Å²) in [4.78, 5) is 6.92. The van der Waals surface area contributed by atoms with Gasteiger partial charge in [-0.3, -0.25) is 4.90 Å². The minimum Gasteiger partial charge on any atom is -0.293 e. The highest BCUT2D eigenvalue weighted by atomic mass is 32.1. The third-order valence-corrected chi connectivity index (χ3v) is 3.57. The molecule has 2 rings (SSSR count). The molecule has 5 heteroatoms. The van der Waals surface area contributed by atoms with E-state index in [4.69, 9.17) is 0 Å².